The minimum absolute atomic E-state index is 0.0317. The van der Waals surface area contributed by atoms with Gasteiger partial charge in [0.25, 0.3) is 5.56 Å². The van der Waals surface area contributed by atoms with Crippen molar-refractivity contribution in [1.82, 2.24) is 24.5 Å². The first-order valence-corrected chi connectivity index (χ1v) is 13.1. The number of nitrogens with zero attached hydrogens (tertiary/aromatic N) is 4. The lowest BCUT2D eigenvalue weighted by Crippen LogP contribution is -2.33. The Balaban J connectivity index is 1.65. The number of aryl methyl sites for hydroxylation is 2. The van der Waals surface area contributed by atoms with E-state index >= 15 is 0 Å². The zero-order chi connectivity index (χ0) is 25.1. The molecule has 1 N–H and O–H groups in total. The molecular weight excluding hydrogens is 458 g/mol. The Bertz CT molecular complexity index is 1420. The van der Waals surface area contributed by atoms with Crippen molar-refractivity contribution < 1.29 is 4.79 Å². The number of fused-ring (bicyclic) bond motifs is 3. The number of hydrogen-bond acceptors (Lipinski definition) is 5. The molecule has 8 heteroatoms. The number of thioether (sulfide) groups is 1. The van der Waals surface area contributed by atoms with Gasteiger partial charge in [0.05, 0.1) is 22.3 Å². The van der Waals surface area contributed by atoms with Gasteiger partial charge < -0.3 is 5.32 Å². The Kier molecular flexibility index (Phi) is 7.60. The quantitative estimate of drug-likeness (QED) is 0.331. The van der Waals surface area contributed by atoms with Crippen molar-refractivity contribution >= 4 is 34.3 Å². The van der Waals surface area contributed by atoms with Gasteiger partial charge in [-0.1, -0.05) is 68.3 Å². The zero-order valence-corrected chi connectivity index (χ0v) is 21.9. The number of nitrogens with one attached hydrogen (secondary N) is 1. The first kappa shape index (κ1) is 25.0. The summed E-state index contributed by atoms with van der Waals surface area (Å²) in [5.41, 5.74) is 3.46. The molecular formula is C27H33N5O2S. The summed E-state index contributed by atoms with van der Waals surface area (Å²) < 4.78 is 3.49. The van der Waals surface area contributed by atoms with E-state index in [1.165, 1.54) is 11.8 Å². The number of para-hydroxylation sites is 1. The summed E-state index contributed by atoms with van der Waals surface area (Å²) in [6.07, 6.45) is 3.23. The fraction of sp³-hybridized carbons (Fsp3) is 0.407. The second-order valence-electron chi connectivity index (χ2n) is 9.65. The van der Waals surface area contributed by atoms with Gasteiger partial charge in [0.15, 0.2) is 5.16 Å². The van der Waals surface area contributed by atoms with Crippen LogP contribution in [-0.4, -0.2) is 36.9 Å². The van der Waals surface area contributed by atoms with Crippen molar-refractivity contribution in [2.24, 2.45) is 5.92 Å². The molecule has 0 bridgehead atoms. The average Bonchev–Trinajstić information content (AvgIpc) is 3.22. The highest BCUT2D eigenvalue weighted by molar-refractivity contribution is 7.99. The van der Waals surface area contributed by atoms with Crippen LogP contribution in [0.15, 0.2) is 52.4 Å². The average molecular weight is 492 g/mol. The third-order valence-electron chi connectivity index (χ3n) is 6.15. The topological polar surface area (TPSA) is 81.3 Å². The third kappa shape index (κ3) is 5.42. The number of carbonyl (C=O) groups is 1. The first-order chi connectivity index (χ1) is 16.8. The molecule has 35 heavy (non-hydrogen) atoms. The van der Waals surface area contributed by atoms with Gasteiger partial charge in [0, 0.05) is 6.04 Å². The molecule has 0 saturated carbocycles. The molecule has 0 aliphatic rings. The van der Waals surface area contributed by atoms with E-state index < -0.39 is 0 Å². The summed E-state index contributed by atoms with van der Waals surface area (Å²) >= 11 is 1.33. The molecule has 4 rings (SSSR count). The maximum Gasteiger partial charge on any atom is 0.267 e. The fourth-order valence-electron chi connectivity index (χ4n) is 4.40. The van der Waals surface area contributed by atoms with E-state index in [9.17, 15) is 9.59 Å². The van der Waals surface area contributed by atoms with Crippen molar-refractivity contribution in [2.45, 2.75) is 65.1 Å². The van der Waals surface area contributed by atoms with E-state index in [0.29, 0.717) is 22.2 Å². The summed E-state index contributed by atoms with van der Waals surface area (Å²) in [6, 6.07) is 13.6. The second kappa shape index (κ2) is 10.6. The van der Waals surface area contributed by atoms with Gasteiger partial charge in [-0.3, -0.25) is 14.0 Å². The Morgan fingerprint density at radius 2 is 1.83 bits per heavy atom. The number of carbonyl (C=O) groups excluding carboxylic acids is 1. The highest BCUT2D eigenvalue weighted by atomic mass is 32.2. The van der Waals surface area contributed by atoms with Crippen LogP contribution in [0.1, 0.15) is 51.2 Å². The maximum absolute atomic E-state index is 13.5. The van der Waals surface area contributed by atoms with Crippen LogP contribution in [-0.2, 0) is 4.79 Å². The molecule has 1 atom stereocenters. The lowest BCUT2D eigenvalue weighted by Gasteiger charge is -2.15. The lowest BCUT2D eigenvalue weighted by molar-refractivity contribution is -0.119. The zero-order valence-electron chi connectivity index (χ0n) is 21.0. The molecule has 2 aromatic heterocycles. The highest BCUT2D eigenvalue weighted by Crippen LogP contribution is 2.24. The fourth-order valence-corrected chi connectivity index (χ4v) is 5.15. The lowest BCUT2D eigenvalue weighted by atomic mass is 10.0. The molecule has 0 aliphatic carbocycles. The van der Waals surface area contributed by atoms with Crippen molar-refractivity contribution in [3.63, 3.8) is 0 Å². The maximum atomic E-state index is 13.5. The second-order valence-corrected chi connectivity index (χ2v) is 10.6. The van der Waals surface area contributed by atoms with Crippen LogP contribution in [0.5, 0.6) is 0 Å². The van der Waals surface area contributed by atoms with E-state index in [-0.39, 0.29) is 23.3 Å². The number of benzene rings is 2. The van der Waals surface area contributed by atoms with E-state index in [1.807, 2.05) is 67.6 Å². The minimum Gasteiger partial charge on any atom is -0.353 e. The Labute approximate surface area is 210 Å². The molecule has 1 unspecified atom stereocenters. The molecule has 7 nitrogen and oxygen atoms in total. The monoisotopic (exact) mass is 491 g/mol. The largest absolute Gasteiger partial charge is 0.353 e. The van der Waals surface area contributed by atoms with Gasteiger partial charge in [-0.2, -0.15) is 0 Å². The van der Waals surface area contributed by atoms with E-state index in [1.54, 1.807) is 4.57 Å². The van der Waals surface area contributed by atoms with Crippen LogP contribution in [0.4, 0.5) is 0 Å². The smallest absolute Gasteiger partial charge is 0.267 e. The molecule has 184 valence electrons. The predicted octanol–water partition coefficient (Wildman–Crippen LogP) is 5.07. The van der Waals surface area contributed by atoms with E-state index in [2.05, 4.69) is 29.4 Å². The third-order valence-corrected chi connectivity index (χ3v) is 7.08. The van der Waals surface area contributed by atoms with Crippen LogP contribution in [0.25, 0.3) is 22.4 Å². The van der Waals surface area contributed by atoms with Gasteiger partial charge in [-0.25, -0.2) is 4.57 Å². The van der Waals surface area contributed by atoms with Crippen LogP contribution >= 0.6 is 11.8 Å². The van der Waals surface area contributed by atoms with Gasteiger partial charge >= 0.3 is 0 Å². The molecule has 2 heterocycles. The predicted molar refractivity (Wildman–Crippen MR) is 143 cm³/mol. The summed E-state index contributed by atoms with van der Waals surface area (Å²) in [5, 5.41) is 13.0. The summed E-state index contributed by atoms with van der Waals surface area (Å²) in [4.78, 5) is 26.1. The molecule has 0 fully saturated rings. The normalized spacial score (nSPS) is 12.5. The highest BCUT2D eigenvalue weighted by Gasteiger charge is 2.19. The molecule has 0 radical (unpaired) electrons. The molecule has 4 aromatic rings. The van der Waals surface area contributed by atoms with Crippen molar-refractivity contribution in [2.75, 3.05) is 5.75 Å². The van der Waals surface area contributed by atoms with Crippen molar-refractivity contribution in [3.05, 3.63) is 63.9 Å². The molecule has 0 spiro atoms. The van der Waals surface area contributed by atoms with E-state index in [4.69, 9.17) is 0 Å². The van der Waals surface area contributed by atoms with Gasteiger partial charge in [0.1, 0.15) is 0 Å². The molecule has 0 saturated heterocycles. The summed E-state index contributed by atoms with van der Waals surface area (Å²) in [7, 11) is 0. The number of aromatic nitrogens is 4. The van der Waals surface area contributed by atoms with Gasteiger partial charge in [0.2, 0.25) is 11.7 Å². The van der Waals surface area contributed by atoms with Crippen molar-refractivity contribution in [1.29, 1.82) is 0 Å². The number of amides is 1. The Morgan fingerprint density at radius 3 is 2.57 bits per heavy atom. The summed E-state index contributed by atoms with van der Waals surface area (Å²) in [6.45, 7) is 10.5. The SMILES string of the molecule is Cc1ccc(-n2c(=O)c3ccccc3n3c(SCC(=O)NC(C)CCCC(C)C)nnc23)c(C)c1. The van der Waals surface area contributed by atoms with Crippen molar-refractivity contribution in [3.8, 4) is 5.69 Å². The molecule has 2 aromatic carbocycles. The van der Waals surface area contributed by atoms with Crippen LogP contribution < -0.4 is 10.9 Å². The first-order valence-electron chi connectivity index (χ1n) is 12.1. The van der Waals surface area contributed by atoms with E-state index in [0.717, 1.165) is 41.6 Å². The number of rotatable bonds is 9. The van der Waals surface area contributed by atoms with Crippen LogP contribution in [0.3, 0.4) is 0 Å². The Morgan fingerprint density at radius 1 is 1.06 bits per heavy atom. The van der Waals surface area contributed by atoms with Gasteiger partial charge in [-0.05, 0) is 56.9 Å². The molecule has 1 amide bonds. The standard InChI is InChI=1S/C27H33N5O2S/c1-17(2)9-8-10-20(5)28-24(33)16-35-27-30-29-26-31(22-14-13-18(3)15-19(22)4)25(34)21-11-6-7-12-23(21)32(26)27/h6-7,11-15,17,20H,8-10,16H2,1-5H3,(H,28,33). The summed E-state index contributed by atoms with van der Waals surface area (Å²) in [5.74, 6) is 1.30. The van der Waals surface area contributed by atoms with Crippen LogP contribution in [0, 0.1) is 19.8 Å². The van der Waals surface area contributed by atoms with Gasteiger partial charge in [-0.15, -0.1) is 10.2 Å². The number of hydrogen-bond donors (Lipinski definition) is 1. The Hall–Kier alpha value is -3.13. The van der Waals surface area contributed by atoms with Crippen LogP contribution in [0.2, 0.25) is 0 Å². The molecule has 0 aliphatic heterocycles. The minimum atomic E-state index is -0.142.